The highest BCUT2D eigenvalue weighted by Gasteiger charge is 2.09. The molecular weight excluding hydrogens is 130 g/mol. The minimum atomic E-state index is -0.825. The standard InChI is InChI=1S/C7H11NO2/c1-2-6(3-4-9)5-7(8)10/h4,6H,2-3,5H2,1H3. The summed E-state index contributed by atoms with van der Waals surface area (Å²) in [6, 6.07) is 0. The van der Waals surface area contributed by atoms with E-state index in [0.717, 1.165) is 12.7 Å². The Morgan fingerprint density at radius 3 is 2.60 bits per heavy atom. The third-order valence-corrected chi connectivity index (χ3v) is 1.47. The molecule has 0 rings (SSSR count). The van der Waals surface area contributed by atoms with Crippen LogP contribution in [0.5, 0.6) is 0 Å². The van der Waals surface area contributed by atoms with Crippen LogP contribution in [0, 0.1) is 5.92 Å². The fourth-order valence-corrected chi connectivity index (χ4v) is 0.777. The minimum absolute atomic E-state index is 0.0231. The first-order valence-electron chi connectivity index (χ1n) is 3.36. The fraction of sp³-hybridized carbons (Fsp3) is 0.714. The van der Waals surface area contributed by atoms with Gasteiger partial charge in [0, 0.05) is 12.8 Å². The van der Waals surface area contributed by atoms with E-state index in [-0.39, 0.29) is 12.3 Å². The molecule has 0 aromatic heterocycles. The first-order valence-corrected chi connectivity index (χ1v) is 3.36. The number of carbonyl (C=O) groups is 2. The number of hydrogen-bond donors (Lipinski definition) is 0. The highest BCUT2D eigenvalue weighted by molar-refractivity contribution is 5.73. The number of nitrogens with zero attached hydrogens (tertiary/aromatic N) is 1. The molecule has 0 saturated heterocycles. The second kappa shape index (κ2) is 4.97. The van der Waals surface area contributed by atoms with Gasteiger partial charge in [0.05, 0.1) is 0 Å². The zero-order valence-electron chi connectivity index (χ0n) is 6.04. The lowest BCUT2D eigenvalue weighted by molar-refractivity contribution is -0.119. The summed E-state index contributed by atoms with van der Waals surface area (Å²) in [7, 11) is 0. The molecule has 0 spiro atoms. The van der Waals surface area contributed by atoms with Gasteiger partial charge in [0.1, 0.15) is 6.29 Å². The molecule has 1 atom stereocenters. The predicted octanol–water partition coefficient (Wildman–Crippen LogP) is 0.587. The smallest absolute Gasteiger partial charge is 0.265 e. The molecule has 0 aliphatic heterocycles. The minimum Gasteiger partial charge on any atom is -0.303 e. The van der Waals surface area contributed by atoms with Crippen LogP contribution in [0.4, 0.5) is 0 Å². The van der Waals surface area contributed by atoms with Crippen LogP contribution in [0.2, 0.25) is 0 Å². The summed E-state index contributed by atoms with van der Waals surface area (Å²) in [6.45, 7) is 1.89. The van der Waals surface area contributed by atoms with Crippen molar-refractivity contribution in [3.63, 3.8) is 0 Å². The number of rotatable bonds is 5. The first-order chi connectivity index (χ1) is 4.70. The van der Waals surface area contributed by atoms with Gasteiger partial charge in [-0.05, 0) is 5.92 Å². The maximum absolute atomic E-state index is 10.1. The summed E-state index contributed by atoms with van der Waals surface area (Å²) < 4.78 is 0. The van der Waals surface area contributed by atoms with Crippen LogP contribution in [-0.2, 0) is 9.59 Å². The lowest BCUT2D eigenvalue weighted by Crippen LogP contribution is -2.08. The molecule has 0 aromatic rings. The molecule has 0 saturated carbocycles. The topological polar surface area (TPSA) is 56.4 Å². The quantitative estimate of drug-likeness (QED) is 0.526. The van der Waals surface area contributed by atoms with E-state index in [1.165, 1.54) is 0 Å². The SMILES string of the molecule is CCC(CC=O)CC([N])=O. The van der Waals surface area contributed by atoms with Crippen molar-refractivity contribution in [2.24, 2.45) is 5.92 Å². The normalized spacial score (nSPS) is 12.5. The molecule has 3 heteroatoms. The van der Waals surface area contributed by atoms with Gasteiger partial charge in [0.2, 0.25) is 0 Å². The van der Waals surface area contributed by atoms with Crippen molar-refractivity contribution in [2.45, 2.75) is 26.2 Å². The Labute approximate surface area is 60.6 Å². The average Bonchev–Trinajstić information content (AvgIpc) is 1.86. The van der Waals surface area contributed by atoms with E-state index in [1.807, 2.05) is 6.92 Å². The van der Waals surface area contributed by atoms with Gasteiger partial charge in [-0.1, -0.05) is 13.3 Å². The molecule has 0 N–H and O–H groups in total. The van der Waals surface area contributed by atoms with Crippen LogP contribution in [0.3, 0.4) is 0 Å². The Morgan fingerprint density at radius 1 is 1.70 bits per heavy atom. The maximum Gasteiger partial charge on any atom is 0.265 e. The third kappa shape index (κ3) is 4.06. The molecular formula is C7H11NO2. The van der Waals surface area contributed by atoms with E-state index < -0.39 is 5.91 Å². The van der Waals surface area contributed by atoms with E-state index in [0.29, 0.717) is 6.42 Å². The van der Waals surface area contributed by atoms with E-state index in [4.69, 9.17) is 5.73 Å². The van der Waals surface area contributed by atoms with E-state index in [1.54, 1.807) is 0 Å². The van der Waals surface area contributed by atoms with Crippen molar-refractivity contribution < 1.29 is 9.59 Å². The molecule has 2 radical (unpaired) electrons. The molecule has 3 nitrogen and oxygen atoms in total. The maximum atomic E-state index is 10.1. The van der Waals surface area contributed by atoms with Gasteiger partial charge < -0.3 is 4.79 Å². The molecule has 1 amide bonds. The molecule has 0 fully saturated rings. The van der Waals surface area contributed by atoms with Crippen LogP contribution in [0.1, 0.15) is 26.2 Å². The molecule has 0 heterocycles. The van der Waals surface area contributed by atoms with Crippen molar-refractivity contribution in [3.05, 3.63) is 0 Å². The van der Waals surface area contributed by atoms with Crippen LogP contribution >= 0.6 is 0 Å². The van der Waals surface area contributed by atoms with Crippen LogP contribution in [-0.4, -0.2) is 12.2 Å². The van der Waals surface area contributed by atoms with E-state index in [9.17, 15) is 9.59 Å². The first kappa shape index (κ1) is 9.14. The lowest BCUT2D eigenvalue weighted by atomic mass is 9.99. The summed E-state index contributed by atoms with van der Waals surface area (Å²) in [5.74, 6) is -0.802. The zero-order valence-corrected chi connectivity index (χ0v) is 6.04. The monoisotopic (exact) mass is 141 g/mol. The van der Waals surface area contributed by atoms with Crippen LogP contribution < -0.4 is 5.73 Å². The summed E-state index contributed by atoms with van der Waals surface area (Å²) in [5, 5.41) is 0. The third-order valence-electron chi connectivity index (χ3n) is 1.47. The molecule has 0 aliphatic rings. The summed E-state index contributed by atoms with van der Waals surface area (Å²) in [4.78, 5) is 20.1. The highest BCUT2D eigenvalue weighted by Crippen LogP contribution is 2.10. The summed E-state index contributed by atoms with van der Waals surface area (Å²) in [5.41, 5.74) is 8.33. The van der Waals surface area contributed by atoms with Gasteiger partial charge in [0.25, 0.3) is 5.91 Å². The Kier molecular flexibility index (Phi) is 4.54. The number of hydrogen-bond acceptors (Lipinski definition) is 2. The van der Waals surface area contributed by atoms with Crippen molar-refractivity contribution >= 4 is 12.2 Å². The molecule has 1 unspecified atom stereocenters. The van der Waals surface area contributed by atoms with Gasteiger partial charge in [-0.25, -0.2) is 0 Å². The summed E-state index contributed by atoms with van der Waals surface area (Å²) >= 11 is 0. The summed E-state index contributed by atoms with van der Waals surface area (Å²) in [6.07, 6.45) is 2.00. The molecule has 56 valence electrons. The molecule has 10 heavy (non-hydrogen) atoms. The van der Waals surface area contributed by atoms with E-state index in [2.05, 4.69) is 0 Å². The molecule has 0 aromatic carbocycles. The van der Waals surface area contributed by atoms with Gasteiger partial charge in [-0.15, -0.1) is 5.73 Å². The number of amides is 1. The molecule has 0 aliphatic carbocycles. The van der Waals surface area contributed by atoms with Crippen LogP contribution in [0.25, 0.3) is 0 Å². The highest BCUT2D eigenvalue weighted by atomic mass is 16.1. The van der Waals surface area contributed by atoms with Crippen molar-refractivity contribution in [1.29, 1.82) is 0 Å². The van der Waals surface area contributed by atoms with E-state index >= 15 is 0 Å². The second-order valence-electron chi connectivity index (χ2n) is 2.27. The van der Waals surface area contributed by atoms with Crippen molar-refractivity contribution in [2.75, 3.05) is 0 Å². The zero-order chi connectivity index (χ0) is 7.98. The van der Waals surface area contributed by atoms with Gasteiger partial charge in [0.15, 0.2) is 0 Å². The second-order valence-corrected chi connectivity index (χ2v) is 2.27. The largest absolute Gasteiger partial charge is 0.303 e. The van der Waals surface area contributed by atoms with Crippen molar-refractivity contribution in [1.82, 2.24) is 5.73 Å². The Bertz CT molecular complexity index is 123. The predicted molar refractivity (Wildman–Crippen MR) is 36.2 cm³/mol. The fourth-order valence-electron chi connectivity index (χ4n) is 0.777. The lowest BCUT2D eigenvalue weighted by Gasteiger charge is -2.05. The molecule has 0 bridgehead atoms. The Hall–Kier alpha value is -0.860. The van der Waals surface area contributed by atoms with Crippen LogP contribution in [0.15, 0.2) is 0 Å². The Morgan fingerprint density at radius 2 is 2.30 bits per heavy atom. The van der Waals surface area contributed by atoms with Crippen molar-refractivity contribution in [3.8, 4) is 0 Å². The van der Waals surface area contributed by atoms with Gasteiger partial charge in [-0.3, -0.25) is 4.79 Å². The van der Waals surface area contributed by atoms with Gasteiger partial charge in [-0.2, -0.15) is 0 Å². The van der Waals surface area contributed by atoms with Gasteiger partial charge >= 0.3 is 0 Å². The Balaban J connectivity index is 3.59. The number of aldehydes is 1. The number of carbonyl (C=O) groups excluding carboxylic acids is 2. The average molecular weight is 141 g/mol.